The summed E-state index contributed by atoms with van der Waals surface area (Å²) in [6, 6.07) is 2.05. The number of aryl methyl sites for hydroxylation is 2. The maximum atomic E-state index is 11.9. The lowest BCUT2D eigenvalue weighted by Gasteiger charge is -2.30. The van der Waals surface area contributed by atoms with Crippen LogP contribution in [0, 0.1) is 19.8 Å². The van der Waals surface area contributed by atoms with Crippen molar-refractivity contribution in [2.75, 3.05) is 19.7 Å². The lowest BCUT2D eigenvalue weighted by Crippen LogP contribution is -2.39. The van der Waals surface area contributed by atoms with Crippen molar-refractivity contribution in [3.63, 3.8) is 0 Å². The van der Waals surface area contributed by atoms with E-state index in [-0.39, 0.29) is 11.9 Å². The SMILES string of the molecule is CCOC(=O)C1CCCN(Cc2cn3c(C)cc(C)nc3n2)C1. The molecule has 0 saturated carbocycles. The van der Waals surface area contributed by atoms with E-state index in [0.29, 0.717) is 6.61 Å². The molecule has 0 N–H and O–H groups in total. The molecule has 0 aliphatic carbocycles. The van der Waals surface area contributed by atoms with E-state index in [1.807, 2.05) is 24.4 Å². The highest BCUT2D eigenvalue weighted by Gasteiger charge is 2.27. The van der Waals surface area contributed by atoms with Gasteiger partial charge in [-0.2, -0.15) is 0 Å². The Hall–Kier alpha value is -1.95. The third-order valence-corrected chi connectivity index (χ3v) is 4.32. The number of nitrogens with zero attached hydrogens (tertiary/aromatic N) is 4. The largest absolute Gasteiger partial charge is 0.466 e. The molecular weight excluding hydrogens is 292 g/mol. The zero-order valence-corrected chi connectivity index (χ0v) is 14.1. The number of esters is 1. The summed E-state index contributed by atoms with van der Waals surface area (Å²) in [5.41, 5.74) is 3.11. The summed E-state index contributed by atoms with van der Waals surface area (Å²) in [4.78, 5) is 23.3. The first kappa shape index (κ1) is 15.9. The van der Waals surface area contributed by atoms with Crippen molar-refractivity contribution in [3.05, 3.63) is 29.3 Å². The van der Waals surface area contributed by atoms with Crippen LogP contribution in [0.2, 0.25) is 0 Å². The number of likely N-dealkylation sites (tertiary alicyclic amines) is 1. The first-order chi connectivity index (χ1) is 11.1. The van der Waals surface area contributed by atoms with Gasteiger partial charge < -0.3 is 4.74 Å². The van der Waals surface area contributed by atoms with Crippen LogP contribution < -0.4 is 0 Å². The van der Waals surface area contributed by atoms with Crippen LogP contribution >= 0.6 is 0 Å². The lowest BCUT2D eigenvalue weighted by atomic mass is 9.98. The molecular formula is C17H24N4O2. The molecule has 1 aliphatic rings. The van der Waals surface area contributed by atoms with Gasteiger partial charge in [-0.25, -0.2) is 9.97 Å². The molecule has 1 saturated heterocycles. The molecule has 2 aromatic heterocycles. The van der Waals surface area contributed by atoms with Crippen LogP contribution in [0.25, 0.3) is 5.78 Å². The predicted octanol–water partition coefficient (Wildman–Crippen LogP) is 2.12. The van der Waals surface area contributed by atoms with Crippen LogP contribution in [-0.4, -0.2) is 44.9 Å². The Morgan fingerprint density at radius 1 is 1.39 bits per heavy atom. The van der Waals surface area contributed by atoms with Crippen molar-refractivity contribution >= 4 is 11.7 Å². The topological polar surface area (TPSA) is 59.7 Å². The minimum Gasteiger partial charge on any atom is -0.466 e. The molecule has 0 aromatic carbocycles. The van der Waals surface area contributed by atoms with E-state index in [9.17, 15) is 4.79 Å². The molecule has 0 radical (unpaired) electrons. The molecule has 0 bridgehead atoms. The fraction of sp³-hybridized carbons (Fsp3) is 0.588. The Morgan fingerprint density at radius 3 is 3.00 bits per heavy atom. The summed E-state index contributed by atoms with van der Waals surface area (Å²) in [5, 5.41) is 0. The van der Waals surface area contributed by atoms with Gasteiger partial charge >= 0.3 is 5.97 Å². The molecule has 0 spiro atoms. The number of fused-ring (bicyclic) bond motifs is 1. The molecule has 0 amide bonds. The van der Waals surface area contributed by atoms with E-state index in [2.05, 4.69) is 27.9 Å². The standard InChI is InChI=1S/C17H24N4O2/c1-4-23-16(22)14-6-5-7-20(9-14)10-15-11-21-13(3)8-12(2)18-17(21)19-15/h8,11,14H,4-7,9-10H2,1-3H3. The predicted molar refractivity (Wildman–Crippen MR) is 87.1 cm³/mol. The summed E-state index contributed by atoms with van der Waals surface area (Å²) < 4.78 is 7.18. The fourth-order valence-corrected chi connectivity index (χ4v) is 3.28. The van der Waals surface area contributed by atoms with Crippen LogP contribution in [0.4, 0.5) is 0 Å². The Labute approximate surface area is 136 Å². The highest BCUT2D eigenvalue weighted by molar-refractivity contribution is 5.72. The molecule has 3 heterocycles. The van der Waals surface area contributed by atoms with Crippen LogP contribution in [0.15, 0.2) is 12.3 Å². The van der Waals surface area contributed by atoms with Gasteiger partial charge in [0.05, 0.1) is 18.2 Å². The van der Waals surface area contributed by atoms with Gasteiger partial charge in [0, 0.05) is 30.7 Å². The number of hydrogen-bond donors (Lipinski definition) is 0. The summed E-state index contributed by atoms with van der Waals surface area (Å²) in [5.74, 6) is 0.666. The van der Waals surface area contributed by atoms with Crippen molar-refractivity contribution < 1.29 is 9.53 Å². The zero-order chi connectivity index (χ0) is 16.4. The van der Waals surface area contributed by atoms with Crippen molar-refractivity contribution in [1.82, 2.24) is 19.3 Å². The third-order valence-electron chi connectivity index (χ3n) is 4.32. The fourth-order valence-electron chi connectivity index (χ4n) is 3.28. The van der Waals surface area contributed by atoms with Crippen LogP contribution in [0.3, 0.4) is 0 Å². The second kappa shape index (κ2) is 6.66. The van der Waals surface area contributed by atoms with Gasteiger partial charge in [-0.3, -0.25) is 14.1 Å². The van der Waals surface area contributed by atoms with Crippen LogP contribution in [0.1, 0.15) is 36.8 Å². The minimum absolute atomic E-state index is 0.0113. The molecule has 2 aromatic rings. The van der Waals surface area contributed by atoms with E-state index in [0.717, 1.165) is 55.3 Å². The van der Waals surface area contributed by atoms with E-state index >= 15 is 0 Å². The van der Waals surface area contributed by atoms with Gasteiger partial charge in [-0.05, 0) is 46.2 Å². The summed E-state index contributed by atoms with van der Waals surface area (Å²) >= 11 is 0. The molecule has 124 valence electrons. The number of imidazole rings is 1. The average molecular weight is 316 g/mol. The second-order valence-electron chi connectivity index (χ2n) is 6.27. The Bertz CT molecular complexity index is 710. The second-order valence-corrected chi connectivity index (χ2v) is 6.27. The maximum absolute atomic E-state index is 11.9. The van der Waals surface area contributed by atoms with Gasteiger partial charge in [0.1, 0.15) is 0 Å². The first-order valence-corrected chi connectivity index (χ1v) is 8.28. The minimum atomic E-state index is -0.0691. The number of carbonyl (C=O) groups excluding carboxylic acids is 1. The van der Waals surface area contributed by atoms with Gasteiger partial charge in [0.25, 0.3) is 0 Å². The molecule has 1 atom stereocenters. The number of piperidine rings is 1. The van der Waals surface area contributed by atoms with Gasteiger partial charge in [0.15, 0.2) is 0 Å². The van der Waals surface area contributed by atoms with Gasteiger partial charge in [-0.1, -0.05) is 0 Å². The Balaban J connectivity index is 1.71. The van der Waals surface area contributed by atoms with Crippen molar-refractivity contribution in [3.8, 4) is 0 Å². The van der Waals surface area contributed by atoms with E-state index < -0.39 is 0 Å². The quantitative estimate of drug-likeness (QED) is 0.809. The van der Waals surface area contributed by atoms with E-state index in [1.54, 1.807) is 0 Å². The van der Waals surface area contributed by atoms with E-state index in [1.165, 1.54) is 0 Å². The molecule has 6 heteroatoms. The molecule has 23 heavy (non-hydrogen) atoms. The smallest absolute Gasteiger partial charge is 0.310 e. The lowest BCUT2D eigenvalue weighted by molar-refractivity contribution is -0.150. The average Bonchev–Trinajstić information content (AvgIpc) is 2.90. The molecule has 1 aliphatic heterocycles. The Morgan fingerprint density at radius 2 is 2.22 bits per heavy atom. The summed E-state index contributed by atoms with van der Waals surface area (Å²) in [7, 11) is 0. The van der Waals surface area contributed by atoms with Crippen molar-refractivity contribution in [1.29, 1.82) is 0 Å². The summed E-state index contributed by atoms with van der Waals surface area (Å²) in [6.45, 7) is 8.84. The van der Waals surface area contributed by atoms with Gasteiger partial charge in [-0.15, -0.1) is 0 Å². The van der Waals surface area contributed by atoms with Crippen LogP contribution in [-0.2, 0) is 16.1 Å². The van der Waals surface area contributed by atoms with Crippen LogP contribution in [0.5, 0.6) is 0 Å². The van der Waals surface area contributed by atoms with E-state index in [4.69, 9.17) is 4.74 Å². The highest BCUT2D eigenvalue weighted by Crippen LogP contribution is 2.20. The summed E-state index contributed by atoms with van der Waals surface area (Å²) in [6.07, 6.45) is 3.98. The third kappa shape index (κ3) is 3.52. The van der Waals surface area contributed by atoms with Crippen molar-refractivity contribution in [2.45, 2.75) is 40.2 Å². The van der Waals surface area contributed by atoms with Gasteiger partial charge in [0.2, 0.25) is 5.78 Å². The first-order valence-electron chi connectivity index (χ1n) is 8.28. The number of hydrogen-bond acceptors (Lipinski definition) is 5. The van der Waals surface area contributed by atoms with Crippen molar-refractivity contribution in [2.24, 2.45) is 5.92 Å². The number of aromatic nitrogens is 3. The number of rotatable bonds is 4. The normalized spacial score (nSPS) is 19.2. The molecule has 3 rings (SSSR count). The maximum Gasteiger partial charge on any atom is 0.310 e. The molecule has 1 fully saturated rings. The number of ether oxygens (including phenoxy) is 1. The molecule has 6 nitrogen and oxygen atoms in total. The Kier molecular flexibility index (Phi) is 4.61. The highest BCUT2D eigenvalue weighted by atomic mass is 16.5. The monoisotopic (exact) mass is 316 g/mol. The zero-order valence-electron chi connectivity index (χ0n) is 14.1. The molecule has 1 unspecified atom stereocenters. The number of carbonyl (C=O) groups is 1.